The fourth-order valence-electron chi connectivity index (χ4n) is 0.926. The molecule has 2 N–H and O–H groups in total. The van der Waals surface area contributed by atoms with Gasteiger partial charge in [0, 0.05) is 16.8 Å². The maximum absolute atomic E-state index is 8.13. The van der Waals surface area contributed by atoms with Crippen LogP contribution in [0.2, 0.25) is 0 Å². The van der Waals surface area contributed by atoms with E-state index < -0.39 is 0 Å². The van der Waals surface area contributed by atoms with Gasteiger partial charge in [0.25, 0.3) is 0 Å². The molecule has 0 radical (unpaired) electrons. The molecule has 0 aliphatic carbocycles. The molecular weight excluding hydrogens is 260 g/mol. The molecule has 0 aliphatic heterocycles. The Hall–Kier alpha value is -1.59. The van der Waals surface area contributed by atoms with Gasteiger partial charge < -0.3 is 10.4 Å². The highest BCUT2D eigenvalue weighted by Gasteiger charge is 2.03. The third-order valence-electron chi connectivity index (χ3n) is 1.50. The Morgan fingerprint density at radius 3 is 3.20 bits per heavy atom. The number of allylic oxidation sites excluding steroid dienone is 1. The molecule has 0 saturated carbocycles. The standard InChI is InChI=1S/C8H9BrN6/c1-5(10)2-7(9)8-12-3-6(14-8)4-13-15-11/h2-3,10H,4H2,1H3,(H,12,14)/b7-2+,10-5?. The quantitative estimate of drug-likeness (QED) is 0.373. The van der Waals surface area contributed by atoms with E-state index in [9.17, 15) is 0 Å². The molecule has 0 unspecified atom stereocenters. The minimum atomic E-state index is 0.219. The first-order chi connectivity index (χ1) is 7.13. The van der Waals surface area contributed by atoms with Gasteiger partial charge in [0.1, 0.15) is 5.82 Å². The molecular formula is C8H9BrN6. The molecule has 1 aromatic rings. The summed E-state index contributed by atoms with van der Waals surface area (Å²) in [5, 5.41) is 10.7. The van der Waals surface area contributed by atoms with Crippen molar-refractivity contribution in [1.29, 1.82) is 5.41 Å². The van der Waals surface area contributed by atoms with Gasteiger partial charge in [0.15, 0.2) is 0 Å². The van der Waals surface area contributed by atoms with Crippen molar-refractivity contribution in [2.45, 2.75) is 13.5 Å². The van der Waals surface area contributed by atoms with Crippen LogP contribution in [0.4, 0.5) is 0 Å². The summed E-state index contributed by atoms with van der Waals surface area (Å²) in [6, 6.07) is 0. The predicted octanol–water partition coefficient (Wildman–Crippen LogP) is 3.00. The number of nitrogens with zero attached hydrogens (tertiary/aromatic N) is 4. The SMILES string of the molecule is CC(=N)/C=C(/Br)c1nc(CN=[N+]=[N-])c[nH]1. The molecule has 0 fully saturated rings. The molecule has 0 saturated heterocycles. The highest BCUT2D eigenvalue weighted by atomic mass is 79.9. The van der Waals surface area contributed by atoms with Crippen LogP contribution in [0.25, 0.3) is 14.9 Å². The number of imidazole rings is 1. The molecule has 6 nitrogen and oxygen atoms in total. The van der Waals surface area contributed by atoms with Gasteiger partial charge in [-0.1, -0.05) is 5.11 Å². The van der Waals surface area contributed by atoms with Crippen molar-refractivity contribution in [3.63, 3.8) is 0 Å². The van der Waals surface area contributed by atoms with Gasteiger partial charge in [0.05, 0.1) is 16.7 Å². The predicted molar refractivity (Wildman–Crippen MR) is 61.7 cm³/mol. The van der Waals surface area contributed by atoms with Gasteiger partial charge in [-0.25, -0.2) is 4.98 Å². The zero-order chi connectivity index (χ0) is 11.3. The molecule has 0 aliphatic rings. The van der Waals surface area contributed by atoms with Gasteiger partial charge in [-0.15, -0.1) is 0 Å². The number of rotatable bonds is 4. The summed E-state index contributed by atoms with van der Waals surface area (Å²) in [6.07, 6.45) is 3.30. The van der Waals surface area contributed by atoms with Crippen molar-refractivity contribution in [1.82, 2.24) is 9.97 Å². The van der Waals surface area contributed by atoms with Gasteiger partial charge in [0.2, 0.25) is 0 Å². The second kappa shape index (κ2) is 5.33. The van der Waals surface area contributed by atoms with Crippen LogP contribution >= 0.6 is 15.9 Å². The number of aromatic amines is 1. The van der Waals surface area contributed by atoms with Crippen LogP contribution in [0.15, 0.2) is 17.4 Å². The number of hydrogen-bond donors (Lipinski definition) is 2. The van der Waals surface area contributed by atoms with Crippen molar-refractivity contribution in [3.05, 3.63) is 34.2 Å². The number of H-pyrrole nitrogens is 1. The van der Waals surface area contributed by atoms with Crippen molar-refractivity contribution in [2.75, 3.05) is 0 Å². The molecule has 0 amide bonds. The Morgan fingerprint density at radius 1 is 1.87 bits per heavy atom. The van der Waals surface area contributed by atoms with E-state index in [-0.39, 0.29) is 6.54 Å². The number of halogens is 1. The Bertz CT molecular complexity index is 440. The zero-order valence-corrected chi connectivity index (χ0v) is 9.61. The molecule has 15 heavy (non-hydrogen) atoms. The second-order valence-electron chi connectivity index (χ2n) is 2.80. The number of hydrogen-bond acceptors (Lipinski definition) is 3. The van der Waals surface area contributed by atoms with Crippen LogP contribution in [0, 0.1) is 5.41 Å². The lowest BCUT2D eigenvalue weighted by atomic mass is 10.3. The average Bonchev–Trinajstić information content (AvgIpc) is 2.62. The highest BCUT2D eigenvalue weighted by Crippen LogP contribution is 2.17. The Morgan fingerprint density at radius 2 is 2.60 bits per heavy atom. The summed E-state index contributed by atoms with van der Waals surface area (Å²) >= 11 is 3.29. The van der Waals surface area contributed by atoms with Gasteiger partial charge in [-0.3, -0.25) is 0 Å². The second-order valence-corrected chi connectivity index (χ2v) is 3.66. The highest BCUT2D eigenvalue weighted by molar-refractivity contribution is 9.15. The van der Waals surface area contributed by atoms with E-state index >= 15 is 0 Å². The summed E-state index contributed by atoms with van der Waals surface area (Å²) in [6.45, 7) is 1.89. The van der Waals surface area contributed by atoms with Crippen molar-refractivity contribution < 1.29 is 0 Å². The lowest BCUT2D eigenvalue weighted by Gasteiger charge is -1.92. The number of azide groups is 1. The molecule has 1 aromatic heterocycles. The van der Waals surface area contributed by atoms with Crippen LogP contribution in [0.5, 0.6) is 0 Å². The van der Waals surface area contributed by atoms with Crippen LogP contribution in [0.3, 0.4) is 0 Å². The normalized spacial score (nSPS) is 10.9. The molecule has 0 atom stereocenters. The smallest absolute Gasteiger partial charge is 0.144 e. The lowest BCUT2D eigenvalue weighted by molar-refractivity contribution is 0.992. The molecule has 0 aromatic carbocycles. The molecule has 7 heteroatoms. The minimum absolute atomic E-state index is 0.219. The maximum Gasteiger partial charge on any atom is 0.144 e. The first-order valence-corrected chi connectivity index (χ1v) is 4.90. The van der Waals surface area contributed by atoms with E-state index in [2.05, 4.69) is 35.9 Å². The topological polar surface area (TPSA) is 101 Å². The van der Waals surface area contributed by atoms with Crippen LogP contribution in [-0.2, 0) is 6.54 Å². The minimum Gasteiger partial charge on any atom is -0.344 e. The van der Waals surface area contributed by atoms with Crippen molar-refractivity contribution >= 4 is 26.1 Å². The lowest BCUT2D eigenvalue weighted by Crippen LogP contribution is -1.86. The van der Waals surface area contributed by atoms with Crippen LogP contribution in [-0.4, -0.2) is 15.7 Å². The summed E-state index contributed by atoms with van der Waals surface area (Å²) in [5.41, 5.74) is 9.22. The maximum atomic E-state index is 8.13. The van der Waals surface area contributed by atoms with Crippen molar-refractivity contribution in [2.24, 2.45) is 5.11 Å². The number of nitrogens with one attached hydrogen (secondary N) is 2. The summed E-state index contributed by atoms with van der Waals surface area (Å²) < 4.78 is 0.696. The van der Waals surface area contributed by atoms with E-state index in [1.807, 2.05) is 0 Å². The van der Waals surface area contributed by atoms with Gasteiger partial charge in [-0.05, 0) is 34.5 Å². The monoisotopic (exact) mass is 268 g/mol. The van der Waals surface area contributed by atoms with E-state index in [1.54, 1.807) is 19.2 Å². The van der Waals surface area contributed by atoms with Gasteiger partial charge >= 0.3 is 0 Å². The van der Waals surface area contributed by atoms with E-state index in [0.29, 0.717) is 21.7 Å². The number of aromatic nitrogens is 2. The summed E-state index contributed by atoms with van der Waals surface area (Å²) in [5.74, 6) is 0.615. The molecule has 1 rings (SSSR count). The third kappa shape index (κ3) is 3.57. The zero-order valence-electron chi connectivity index (χ0n) is 8.03. The Kier molecular flexibility index (Phi) is 4.08. The van der Waals surface area contributed by atoms with Crippen LogP contribution in [0.1, 0.15) is 18.4 Å². The fourth-order valence-corrected chi connectivity index (χ4v) is 1.47. The Labute approximate surface area is 94.7 Å². The third-order valence-corrected chi connectivity index (χ3v) is 2.10. The van der Waals surface area contributed by atoms with Crippen molar-refractivity contribution in [3.8, 4) is 0 Å². The molecule has 0 bridgehead atoms. The van der Waals surface area contributed by atoms with E-state index in [0.717, 1.165) is 0 Å². The first-order valence-electron chi connectivity index (χ1n) is 4.11. The summed E-state index contributed by atoms with van der Waals surface area (Å²) in [4.78, 5) is 9.73. The Balaban J connectivity index is 2.84. The van der Waals surface area contributed by atoms with E-state index in [4.69, 9.17) is 10.9 Å². The van der Waals surface area contributed by atoms with Crippen LogP contribution < -0.4 is 0 Å². The van der Waals surface area contributed by atoms with E-state index in [1.165, 1.54) is 0 Å². The largest absolute Gasteiger partial charge is 0.344 e. The first kappa shape index (κ1) is 11.5. The molecule has 0 spiro atoms. The molecule has 78 valence electrons. The fraction of sp³-hybridized carbons (Fsp3) is 0.250. The molecule has 1 heterocycles. The summed E-state index contributed by atoms with van der Waals surface area (Å²) in [7, 11) is 0. The van der Waals surface area contributed by atoms with Gasteiger partial charge in [-0.2, -0.15) is 0 Å². The average molecular weight is 269 g/mol.